The first-order chi connectivity index (χ1) is 19.6. The van der Waals surface area contributed by atoms with Crippen molar-refractivity contribution in [1.82, 2.24) is 4.98 Å². The summed E-state index contributed by atoms with van der Waals surface area (Å²) in [4.78, 5) is 18.0. The minimum atomic E-state index is -3.72. The van der Waals surface area contributed by atoms with E-state index in [1.165, 1.54) is 35.6 Å². The van der Waals surface area contributed by atoms with Crippen molar-refractivity contribution in [2.75, 3.05) is 25.1 Å². The molecule has 2 heterocycles. The van der Waals surface area contributed by atoms with E-state index in [9.17, 15) is 13.2 Å². The number of aromatic nitrogens is 1. The molecule has 0 radical (unpaired) electrons. The number of ether oxygens (including phenoxy) is 1. The minimum absolute atomic E-state index is 0.158. The molecule has 3 aromatic rings. The topological polar surface area (TPSA) is 94.6 Å². The van der Waals surface area contributed by atoms with Crippen molar-refractivity contribution in [2.24, 2.45) is 0 Å². The molecule has 1 N–H and O–H groups in total. The number of carbonyl (C=O) groups excluding carboxylic acids is 1. The van der Waals surface area contributed by atoms with Gasteiger partial charge in [0, 0.05) is 30.6 Å². The Balaban J connectivity index is 1.57. The maximum absolute atomic E-state index is 13.4. The molecule has 7 nitrogen and oxygen atoms in total. The summed E-state index contributed by atoms with van der Waals surface area (Å²) in [6.45, 7) is 15.1. The van der Waals surface area contributed by atoms with Crippen molar-refractivity contribution in [3.8, 4) is 0 Å². The SMILES string of the molecule is CC(C)(CO[Si](c1ccccc1)(c1ccccc1)C(C)(C)C)c1csc(NC(=O)C(C)(C)S(=O)(=O)C2CCOCC2)n1. The lowest BCUT2D eigenvalue weighted by Crippen LogP contribution is -2.67. The van der Waals surface area contributed by atoms with E-state index >= 15 is 0 Å². The molecule has 0 bridgehead atoms. The molecule has 0 aliphatic carbocycles. The fourth-order valence-electron chi connectivity index (χ4n) is 5.55. The fraction of sp³-hybridized carbons (Fsp3) is 0.500. The Bertz CT molecular complexity index is 1420. The number of carbonyl (C=O) groups is 1. The maximum atomic E-state index is 13.4. The van der Waals surface area contributed by atoms with Gasteiger partial charge < -0.3 is 14.5 Å². The van der Waals surface area contributed by atoms with Gasteiger partial charge in [0.05, 0.1) is 10.9 Å². The quantitative estimate of drug-likeness (QED) is 0.306. The molecule has 1 amide bonds. The molecular weight excluding hydrogens is 585 g/mol. The molecule has 1 saturated heterocycles. The summed E-state index contributed by atoms with van der Waals surface area (Å²) in [5, 5.41) is 6.76. The van der Waals surface area contributed by atoms with E-state index in [4.69, 9.17) is 14.1 Å². The van der Waals surface area contributed by atoms with Gasteiger partial charge in [0.2, 0.25) is 5.91 Å². The highest BCUT2D eigenvalue weighted by atomic mass is 32.2. The second-order valence-corrected chi connectivity index (χ2v) is 21.1. The lowest BCUT2D eigenvalue weighted by Gasteiger charge is -2.44. The van der Waals surface area contributed by atoms with Gasteiger partial charge in [0.15, 0.2) is 15.0 Å². The van der Waals surface area contributed by atoms with Gasteiger partial charge in [0.1, 0.15) is 4.75 Å². The van der Waals surface area contributed by atoms with Crippen molar-refractivity contribution in [3.05, 3.63) is 71.7 Å². The van der Waals surface area contributed by atoms with Gasteiger partial charge in [-0.3, -0.25) is 4.79 Å². The molecule has 1 aromatic heterocycles. The Morgan fingerprint density at radius 1 is 0.952 bits per heavy atom. The summed E-state index contributed by atoms with van der Waals surface area (Å²) in [5.41, 5.74) is 0.307. The maximum Gasteiger partial charge on any atom is 0.261 e. The van der Waals surface area contributed by atoms with Crippen LogP contribution in [0.5, 0.6) is 0 Å². The van der Waals surface area contributed by atoms with Crippen LogP contribution in [-0.4, -0.2) is 57.4 Å². The predicted molar refractivity (Wildman–Crippen MR) is 174 cm³/mol. The zero-order chi connectivity index (χ0) is 30.8. The smallest absolute Gasteiger partial charge is 0.261 e. The van der Waals surface area contributed by atoms with E-state index < -0.39 is 39.5 Å². The molecule has 0 saturated carbocycles. The van der Waals surface area contributed by atoms with Crippen LogP contribution in [0.1, 0.15) is 67.0 Å². The highest BCUT2D eigenvalue weighted by Crippen LogP contribution is 2.39. The van der Waals surface area contributed by atoms with E-state index in [1.807, 2.05) is 17.5 Å². The van der Waals surface area contributed by atoms with Gasteiger partial charge >= 0.3 is 0 Å². The molecule has 0 atom stereocenters. The van der Waals surface area contributed by atoms with Crippen molar-refractivity contribution in [1.29, 1.82) is 0 Å². The zero-order valence-electron chi connectivity index (χ0n) is 25.8. The lowest BCUT2D eigenvalue weighted by molar-refractivity contribution is -0.117. The average Bonchev–Trinajstić information content (AvgIpc) is 3.44. The number of hydrogen-bond donors (Lipinski definition) is 1. The van der Waals surface area contributed by atoms with E-state index in [2.05, 4.69) is 88.5 Å². The van der Waals surface area contributed by atoms with Gasteiger partial charge in [0.25, 0.3) is 8.32 Å². The number of hydrogen-bond acceptors (Lipinski definition) is 7. The Morgan fingerprint density at radius 2 is 1.48 bits per heavy atom. The van der Waals surface area contributed by atoms with Gasteiger partial charge in [-0.2, -0.15) is 0 Å². The molecule has 1 aliphatic heterocycles. The summed E-state index contributed by atoms with van der Waals surface area (Å²) in [5.74, 6) is -0.573. The number of nitrogens with zero attached hydrogens (tertiary/aromatic N) is 1. The van der Waals surface area contributed by atoms with Crippen molar-refractivity contribution in [2.45, 2.75) is 81.8 Å². The first-order valence-corrected chi connectivity index (χ1v) is 18.8. The molecule has 228 valence electrons. The van der Waals surface area contributed by atoms with Crippen LogP contribution in [0.15, 0.2) is 66.0 Å². The Hall–Kier alpha value is -2.37. The standard InChI is InChI=1S/C32H44N2O5S2Si/c1-30(2,3)42(25-14-10-8-11-15-25,26-16-12-9-13-17-26)39-23-31(4,5)27-22-40-29(33-27)34-28(35)32(6,7)41(36,37)24-18-20-38-21-19-24/h8-17,22,24H,18-21,23H2,1-7H3,(H,33,34,35). The monoisotopic (exact) mass is 628 g/mol. The van der Waals surface area contributed by atoms with Crippen LogP contribution in [0.3, 0.4) is 0 Å². The molecule has 4 rings (SSSR count). The van der Waals surface area contributed by atoms with Gasteiger partial charge in [-0.25, -0.2) is 13.4 Å². The summed E-state index contributed by atoms with van der Waals surface area (Å²) >= 11 is 1.30. The van der Waals surface area contributed by atoms with Crippen molar-refractivity contribution >= 4 is 50.9 Å². The molecule has 0 spiro atoms. The Morgan fingerprint density at radius 3 is 1.98 bits per heavy atom. The summed E-state index contributed by atoms with van der Waals surface area (Å²) < 4.78 is 37.6. The average molecular weight is 629 g/mol. The number of amides is 1. The van der Waals surface area contributed by atoms with Gasteiger partial charge in [-0.15, -0.1) is 11.3 Å². The number of rotatable bonds is 10. The number of anilines is 1. The number of sulfone groups is 1. The Kier molecular flexibility index (Phi) is 9.54. The zero-order valence-corrected chi connectivity index (χ0v) is 28.4. The van der Waals surface area contributed by atoms with E-state index in [0.717, 1.165) is 5.69 Å². The summed E-state index contributed by atoms with van der Waals surface area (Å²) in [6.07, 6.45) is 0.805. The lowest BCUT2D eigenvalue weighted by atomic mass is 9.92. The van der Waals surface area contributed by atoms with Crippen LogP contribution in [0, 0.1) is 0 Å². The number of nitrogens with one attached hydrogen (secondary N) is 1. The third-order valence-electron chi connectivity index (χ3n) is 8.35. The number of benzene rings is 2. The second-order valence-electron chi connectivity index (χ2n) is 13.2. The molecule has 1 aliphatic rings. The predicted octanol–water partition coefficient (Wildman–Crippen LogP) is 5.31. The highest BCUT2D eigenvalue weighted by Gasteiger charge is 2.51. The van der Waals surface area contributed by atoms with Crippen LogP contribution in [0.25, 0.3) is 0 Å². The normalized spacial score (nSPS) is 15.9. The van der Waals surface area contributed by atoms with Gasteiger partial charge in [-0.1, -0.05) is 95.3 Å². The largest absolute Gasteiger partial charge is 0.406 e. The van der Waals surface area contributed by atoms with E-state index in [0.29, 0.717) is 37.8 Å². The third-order valence-corrected chi connectivity index (χ3v) is 17.0. The fourth-order valence-corrected chi connectivity index (χ4v) is 13.1. The Labute approximate surface area is 256 Å². The van der Waals surface area contributed by atoms with E-state index in [1.54, 1.807) is 0 Å². The van der Waals surface area contributed by atoms with Crippen molar-refractivity contribution < 1.29 is 22.4 Å². The van der Waals surface area contributed by atoms with Crippen LogP contribution >= 0.6 is 11.3 Å². The van der Waals surface area contributed by atoms with Gasteiger partial charge in [-0.05, 0) is 42.1 Å². The van der Waals surface area contributed by atoms with E-state index in [-0.39, 0.29) is 5.04 Å². The third kappa shape index (κ3) is 6.28. The van der Waals surface area contributed by atoms with Crippen LogP contribution in [0.4, 0.5) is 5.13 Å². The molecule has 10 heteroatoms. The first kappa shape index (κ1) is 32.5. The van der Waals surface area contributed by atoms with Crippen LogP contribution in [-0.2, 0) is 29.2 Å². The highest BCUT2D eigenvalue weighted by molar-refractivity contribution is 7.94. The summed E-state index contributed by atoms with van der Waals surface area (Å²) in [7, 11) is -6.47. The minimum Gasteiger partial charge on any atom is -0.406 e. The molecule has 42 heavy (non-hydrogen) atoms. The molecule has 1 fully saturated rings. The molecule has 2 aromatic carbocycles. The second kappa shape index (κ2) is 12.3. The number of thiazole rings is 1. The van der Waals surface area contributed by atoms with Crippen LogP contribution < -0.4 is 15.7 Å². The van der Waals surface area contributed by atoms with Crippen LogP contribution in [0.2, 0.25) is 5.04 Å². The summed E-state index contributed by atoms with van der Waals surface area (Å²) in [6, 6.07) is 21.0. The van der Waals surface area contributed by atoms with Crippen molar-refractivity contribution in [3.63, 3.8) is 0 Å². The molecule has 0 unspecified atom stereocenters. The molecular formula is C32H44N2O5S2Si. The first-order valence-electron chi connectivity index (χ1n) is 14.5.